The van der Waals surface area contributed by atoms with E-state index < -0.39 is 8.67 Å². The van der Waals surface area contributed by atoms with Crippen LogP contribution in [0.1, 0.15) is 104 Å². The van der Waals surface area contributed by atoms with Gasteiger partial charge in [-0.15, -0.1) is 0 Å². The maximum atomic E-state index is 11.7. The molecule has 4 rings (SSSR count). The lowest BCUT2D eigenvalue weighted by molar-refractivity contribution is -0.135. The highest BCUT2D eigenvalue weighted by molar-refractivity contribution is 6.61. The zero-order valence-electron chi connectivity index (χ0n) is 23.7. The Kier molecular flexibility index (Phi) is 12.6. The van der Waals surface area contributed by atoms with Gasteiger partial charge in [0.15, 0.2) is 20.2 Å². The lowest BCUT2D eigenvalue weighted by atomic mass is 9.69. The van der Waals surface area contributed by atoms with Crippen LogP contribution in [0.4, 0.5) is 0 Å². The molecule has 0 radical (unpaired) electrons. The van der Waals surface area contributed by atoms with Gasteiger partial charge >= 0.3 is 0 Å². The fraction of sp³-hybridized carbons (Fsp3) is 0.933. The van der Waals surface area contributed by atoms with Crippen LogP contribution in [-0.2, 0) is 19.1 Å². The van der Waals surface area contributed by atoms with Crippen LogP contribution in [0.3, 0.4) is 0 Å². The van der Waals surface area contributed by atoms with Crippen LogP contribution in [-0.4, -0.2) is 46.7 Å². The number of ether oxygens (including phenoxy) is 2. The molecule has 4 nitrogen and oxygen atoms in total. The van der Waals surface area contributed by atoms with Crippen molar-refractivity contribution < 1.29 is 19.1 Å². The quantitative estimate of drug-likeness (QED) is 0.145. The van der Waals surface area contributed by atoms with Gasteiger partial charge in [0, 0.05) is 37.9 Å². The summed E-state index contributed by atoms with van der Waals surface area (Å²) in [6.07, 6.45) is 16.4. The highest BCUT2D eigenvalue weighted by Gasteiger charge is 2.65. The van der Waals surface area contributed by atoms with E-state index in [0.29, 0.717) is 24.0 Å². The van der Waals surface area contributed by atoms with Gasteiger partial charge in [-0.2, -0.15) is 0 Å². The number of unbranched alkanes of at least 4 members (excludes halogenated alkanes) is 2. The van der Waals surface area contributed by atoms with Gasteiger partial charge < -0.3 is 9.47 Å². The van der Waals surface area contributed by atoms with E-state index in [1.165, 1.54) is 25.7 Å². The Hall–Kier alpha value is 0.420. The Morgan fingerprint density at radius 2 is 1.05 bits per heavy atom. The normalized spacial score (nSPS) is 33.9. The van der Waals surface area contributed by atoms with Crippen LogP contribution in [0.25, 0.3) is 0 Å². The van der Waals surface area contributed by atoms with Crippen LogP contribution in [0.2, 0.25) is 0 Å². The van der Waals surface area contributed by atoms with Crippen molar-refractivity contribution in [3.05, 3.63) is 0 Å². The van der Waals surface area contributed by atoms with Crippen LogP contribution in [0, 0.1) is 35.5 Å². The second kappa shape index (κ2) is 14.5. The molecule has 0 aromatic rings. The Morgan fingerprint density at radius 3 is 1.37 bits per heavy atom. The number of hydrogen-bond acceptors (Lipinski definition) is 4. The van der Waals surface area contributed by atoms with Gasteiger partial charge in [0.2, 0.25) is 0 Å². The number of rotatable bonds is 14. The molecule has 4 aliphatic rings. The standard InChI is InChI=1S/2C15H24Cl2O2/c2*1-3-11(19-2)7-5-4-6-10-8-9-12-13(10)15(16,17)14(12)18/h2*10-13H,3-9H2,1-2H3. The number of methoxy groups -OCH3 is 2. The summed E-state index contributed by atoms with van der Waals surface area (Å²) in [6.45, 7) is 4.32. The smallest absolute Gasteiger partial charge is 0.179 e. The zero-order chi connectivity index (χ0) is 28.1. The van der Waals surface area contributed by atoms with Crippen molar-refractivity contribution in [3.63, 3.8) is 0 Å². The first kappa shape index (κ1) is 32.9. The molecular weight excluding hydrogens is 566 g/mol. The molecule has 38 heavy (non-hydrogen) atoms. The summed E-state index contributed by atoms with van der Waals surface area (Å²) in [5, 5.41) is 0. The fourth-order valence-electron chi connectivity index (χ4n) is 7.66. The second-order valence-electron chi connectivity index (χ2n) is 12.0. The van der Waals surface area contributed by atoms with Crippen molar-refractivity contribution in [3.8, 4) is 0 Å². The summed E-state index contributed by atoms with van der Waals surface area (Å²) in [5.41, 5.74) is 0. The van der Waals surface area contributed by atoms with E-state index in [-0.39, 0.29) is 35.2 Å². The average molecular weight is 615 g/mol. The van der Waals surface area contributed by atoms with Gasteiger partial charge in [-0.25, -0.2) is 0 Å². The predicted molar refractivity (Wildman–Crippen MR) is 157 cm³/mol. The summed E-state index contributed by atoms with van der Waals surface area (Å²) in [5.74, 6) is 1.95. The molecule has 220 valence electrons. The number of carbonyl (C=O) groups is 2. The molecule has 0 aromatic carbocycles. The van der Waals surface area contributed by atoms with Crippen molar-refractivity contribution >= 4 is 58.0 Å². The fourth-order valence-corrected chi connectivity index (χ4v) is 9.54. The Balaban J connectivity index is 0.000000211. The summed E-state index contributed by atoms with van der Waals surface area (Å²) < 4.78 is 8.60. The van der Waals surface area contributed by atoms with Crippen molar-refractivity contribution in [1.82, 2.24) is 0 Å². The number of fused-ring (bicyclic) bond motifs is 2. The van der Waals surface area contributed by atoms with E-state index in [1.54, 1.807) is 14.2 Å². The van der Waals surface area contributed by atoms with E-state index in [2.05, 4.69) is 13.8 Å². The van der Waals surface area contributed by atoms with Gasteiger partial charge in [0.25, 0.3) is 0 Å². The number of alkyl halides is 4. The van der Waals surface area contributed by atoms with E-state index in [1.807, 2.05) is 0 Å². The van der Waals surface area contributed by atoms with Gasteiger partial charge in [-0.3, -0.25) is 9.59 Å². The summed E-state index contributed by atoms with van der Waals surface area (Å²) >= 11 is 24.6. The SMILES string of the molecule is CCC(CCCCC1CCC2C(=O)C(Cl)(Cl)C12)OC.CCC(CCCCC1CCC2C(=O)C(Cl)(Cl)C12)OC. The van der Waals surface area contributed by atoms with Gasteiger partial charge in [-0.1, -0.05) is 98.8 Å². The topological polar surface area (TPSA) is 52.6 Å². The third kappa shape index (κ3) is 7.06. The molecule has 0 amide bonds. The molecule has 0 aliphatic heterocycles. The van der Waals surface area contributed by atoms with Crippen LogP contribution in [0.15, 0.2) is 0 Å². The number of ketones is 2. The van der Waals surface area contributed by atoms with E-state index in [9.17, 15) is 9.59 Å². The molecule has 8 atom stereocenters. The van der Waals surface area contributed by atoms with E-state index >= 15 is 0 Å². The molecule has 4 saturated carbocycles. The van der Waals surface area contributed by atoms with Crippen molar-refractivity contribution in [2.24, 2.45) is 35.5 Å². The molecule has 0 bridgehead atoms. The van der Waals surface area contributed by atoms with E-state index in [4.69, 9.17) is 55.9 Å². The van der Waals surface area contributed by atoms with Crippen molar-refractivity contribution in [1.29, 1.82) is 0 Å². The van der Waals surface area contributed by atoms with Gasteiger partial charge in [0.05, 0.1) is 12.2 Å². The molecule has 0 N–H and O–H groups in total. The van der Waals surface area contributed by atoms with Crippen molar-refractivity contribution in [2.45, 2.75) is 125 Å². The summed E-state index contributed by atoms with van der Waals surface area (Å²) in [4.78, 5) is 23.5. The third-order valence-electron chi connectivity index (χ3n) is 10.0. The lowest BCUT2D eigenvalue weighted by Crippen LogP contribution is -2.55. The molecule has 0 aromatic heterocycles. The second-order valence-corrected chi connectivity index (χ2v) is 14.8. The predicted octanol–water partition coefficient (Wildman–Crippen LogP) is 8.74. The number of hydrogen-bond donors (Lipinski definition) is 0. The number of carbonyl (C=O) groups excluding carboxylic acids is 2. The van der Waals surface area contributed by atoms with Gasteiger partial charge in [0.1, 0.15) is 0 Å². The van der Waals surface area contributed by atoms with Crippen LogP contribution >= 0.6 is 46.4 Å². The summed E-state index contributed by atoms with van der Waals surface area (Å²) in [7, 11) is 3.57. The molecule has 8 heteroatoms. The Bertz CT molecular complexity index is 716. The average Bonchev–Trinajstić information content (AvgIpc) is 3.51. The first-order chi connectivity index (χ1) is 18.0. The van der Waals surface area contributed by atoms with Crippen molar-refractivity contribution in [2.75, 3.05) is 14.2 Å². The van der Waals surface area contributed by atoms with Crippen LogP contribution < -0.4 is 0 Å². The Labute approximate surface area is 250 Å². The zero-order valence-corrected chi connectivity index (χ0v) is 26.7. The summed E-state index contributed by atoms with van der Waals surface area (Å²) in [6, 6.07) is 0. The van der Waals surface area contributed by atoms with E-state index in [0.717, 1.165) is 64.2 Å². The first-order valence-corrected chi connectivity index (χ1v) is 16.4. The maximum absolute atomic E-state index is 11.7. The minimum absolute atomic E-state index is 0.0637. The van der Waals surface area contributed by atoms with Crippen LogP contribution in [0.5, 0.6) is 0 Å². The molecule has 0 saturated heterocycles. The molecular formula is C30H48Cl4O4. The Morgan fingerprint density at radius 1 is 0.684 bits per heavy atom. The highest BCUT2D eigenvalue weighted by Crippen LogP contribution is 2.61. The molecule has 4 aliphatic carbocycles. The maximum Gasteiger partial charge on any atom is 0.179 e. The highest BCUT2D eigenvalue weighted by atomic mass is 35.5. The minimum atomic E-state index is -1.08. The monoisotopic (exact) mass is 612 g/mol. The molecule has 4 fully saturated rings. The molecule has 0 spiro atoms. The molecule has 8 unspecified atom stereocenters. The minimum Gasteiger partial charge on any atom is -0.381 e. The third-order valence-corrected chi connectivity index (χ3v) is 11.8. The number of halogens is 4. The van der Waals surface area contributed by atoms with Gasteiger partial charge in [-0.05, 0) is 63.2 Å². The largest absolute Gasteiger partial charge is 0.381 e. The molecule has 0 heterocycles. The number of Topliss-reactive ketones (excluding diaryl/α,β-unsaturated/α-hetero) is 2. The first-order valence-electron chi connectivity index (χ1n) is 14.9. The lowest BCUT2D eigenvalue weighted by Gasteiger charge is -2.44.